The molecule has 0 radical (unpaired) electrons. The van der Waals surface area contributed by atoms with Crippen molar-refractivity contribution in [1.29, 1.82) is 0 Å². The maximum absolute atomic E-state index is 13.0. The van der Waals surface area contributed by atoms with Gasteiger partial charge in [0.15, 0.2) is 13.2 Å². The van der Waals surface area contributed by atoms with Crippen LogP contribution in [0, 0.1) is 0 Å². The molecule has 0 bridgehead atoms. The van der Waals surface area contributed by atoms with Gasteiger partial charge in [0, 0.05) is 6.07 Å². The van der Waals surface area contributed by atoms with Crippen molar-refractivity contribution in [2.45, 2.75) is 17.2 Å². The highest BCUT2D eigenvalue weighted by Crippen LogP contribution is 2.34. The van der Waals surface area contributed by atoms with Gasteiger partial charge in [-0.15, -0.1) is 0 Å². The SMILES string of the molecule is O=S(=O)(Nc1cccc(Oc2ccccc2)c1)c1c(OCC(F)(F)F)ncnc1OCC(F)(F)F. The van der Waals surface area contributed by atoms with Crippen LogP contribution in [-0.4, -0.2) is 44.0 Å². The summed E-state index contributed by atoms with van der Waals surface area (Å²) in [5, 5.41) is 0. The number of halogens is 6. The zero-order chi connectivity index (χ0) is 25.7. The minimum Gasteiger partial charge on any atom is -0.467 e. The first-order valence-electron chi connectivity index (χ1n) is 9.42. The van der Waals surface area contributed by atoms with E-state index in [9.17, 15) is 34.8 Å². The summed E-state index contributed by atoms with van der Waals surface area (Å²) in [4.78, 5) is 5.41. The standard InChI is InChI=1S/C20H15F6N3O5S/c21-19(22,23)10-32-17-16(18(28-12-27-17)33-11-20(24,25)26)35(30,31)29-13-5-4-8-15(9-13)34-14-6-2-1-3-7-14/h1-9,12,29H,10-11H2. The highest BCUT2D eigenvalue weighted by molar-refractivity contribution is 7.93. The summed E-state index contributed by atoms with van der Waals surface area (Å²) in [7, 11) is -4.91. The fourth-order valence-electron chi connectivity index (χ4n) is 2.53. The average molecular weight is 523 g/mol. The van der Waals surface area contributed by atoms with E-state index in [1.54, 1.807) is 30.3 Å². The lowest BCUT2D eigenvalue weighted by atomic mass is 10.3. The Morgan fingerprint density at radius 2 is 1.31 bits per heavy atom. The van der Waals surface area contributed by atoms with E-state index in [1.165, 1.54) is 24.3 Å². The Kier molecular flexibility index (Phi) is 7.57. The second-order valence-electron chi connectivity index (χ2n) is 6.67. The Morgan fingerprint density at radius 3 is 1.86 bits per heavy atom. The third-order valence-corrected chi connectivity index (χ3v) is 5.21. The van der Waals surface area contributed by atoms with Crippen LogP contribution in [0.4, 0.5) is 32.0 Å². The molecule has 0 fully saturated rings. The second kappa shape index (κ2) is 10.2. The number of nitrogens with one attached hydrogen (secondary N) is 1. The van der Waals surface area contributed by atoms with Crippen molar-refractivity contribution in [2.24, 2.45) is 0 Å². The van der Waals surface area contributed by atoms with Crippen molar-refractivity contribution in [1.82, 2.24) is 9.97 Å². The van der Waals surface area contributed by atoms with Gasteiger partial charge in [0.2, 0.25) is 16.7 Å². The Hall–Kier alpha value is -3.75. The van der Waals surface area contributed by atoms with Gasteiger partial charge in [-0.3, -0.25) is 4.72 Å². The fraction of sp³-hybridized carbons (Fsp3) is 0.200. The van der Waals surface area contributed by atoms with Crippen molar-refractivity contribution in [3.63, 3.8) is 0 Å². The normalized spacial score (nSPS) is 12.2. The van der Waals surface area contributed by atoms with Gasteiger partial charge in [-0.05, 0) is 24.3 Å². The predicted octanol–water partition coefficient (Wildman–Crippen LogP) is 4.95. The number of sulfonamides is 1. The van der Waals surface area contributed by atoms with Gasteiger partial charge in [-0.25, -0.2) is 18.4 Å². The zero-order valence-corrected chi connectivity index (χ0v) is 18.1. The average Bonchev–Trinajstić information content (AvgIpc) is 2.76. The quantitative estimate of drug-likeness (QED) is 0.396. The van der Waals surface area contributed by atoms with Crippen molar-refractivity contribution in [3.8, 4) is 23.3 Å². The van der Waals surface area contributed by atoms with Crippen molar-refractivity contribution >= 4 is 15.7 Å². The number of ether oxygens (including phenoxy) is 3. The molecule has 35 heavy (non-hydrogen) atoms. The Labute approximate surface area is 194 Å². The van der Waals surface area contributed by atoms with E-state index < -0.39 is 52.2 Å². The summed E-state index contributed by atoms with van der Waals surface area (Å²) in [6.07, 6.45) is -9.28. The van der Waals surface area contributed by atoms with E-state index in [2.05, 4.69) is 19.4 Å². The lowest BCUT2D eigenvalue weighted by molar-refractivity contribution is -0.155. The number of hydrogen-bond acceptors (Lipinski definition) is 7. The van der Waals surface area contributed by atoms with Crippen LogP contribution in [-0.2, 0) is 10.0 Å². The van der Waals surface area contributed by atoms with E-state index in [-0.39, 0.29) is 11.4 Å². The lowest BCUT2D eigenvalue weighted by Crippen LogP contribution is -2.24. The molecule has 0 aliphatic carbocycles. The van der Waals surface area contributed by atoms with Crippen LogP contribution >= 0.6 is 0 Å². The van der Waals surface area contributed by atoms with E-state index in [1.807, 2.05) is 4.72 Å². The number of rotatable bonds is 9. The van der Waals surface area contributed by atoms with E-state index in [4.69, 9.17) is 4.74 Å². The first-order valence-corrected chi connectivity index (χ1v) is 10.9. The van der Waals surface area contributed by atoms with Gasteiger partial charge >= 0.3 is 12.4 Å². The van der Waals surface area contributed by atoms with Crippen LogP contribution in [0.5, 0.6) is 23.3 Å². The Bertz CT molecular complexity index is 1220. The minimum atomic E-state index is -4.91. The van der Waals surface area contributed by atoms with Crippen molar-refractivity contribution in [3.05, 3.63) is 60.9 Å². The smallest absolute Gasteiger partial charge is 0.422 e. The van der Waals surface area contributed by atoms with Crippen LogP contribution in [0.3, 0.4) is 0 Å². The highest BCUT2D eigenvalue weighted by atomic mass is 32.2. The monoisotopic (exact) mass is 523 g/mol. The molecule has 0 spiro atoms. The Morgan fingerprint density at radius 1 is 0.771 bits per heavy atom. The van der Waals surface area contributed by atoms with E-state index in [0.29, 0.717) is 12.1 Å². The molecule has 15 heteroatoms. The second-order valence-corrected chi connectivity index (χ2v) is 8.29. The van der Waals surface area contributed by atoms with Gasteiger partial charge in [0.25, 0.3) is 10.0 Å². The molecule has 8 nitrogen and oxygen atoms in total. The molecule has 0 saturated carbocycles. The molecule has 0 aliphatic rings. The number of aromatic nitrogens is 2. The molecule has 188 valence electrons. The molecule has 0 amide bonds. The maximum atomic E-state index is 13.0. The van der Waals surface area contributed by atoms with Gasteiger partial charge in [0.1, 0.15) is 17.8 Å². The summed E-state index contributed by atoms with van der Waals surface area (Å²) in [6.45, 7) is -3.93. The largest absolute Gasteiger partial charge is 0.467 e. The number of para-hydroxylation sites is 1. The molecular weight excluding hydrogens is 508 g/mol. The van der Waals surface area contributed by atoms with E-state index in [0.717, 1.165) is 0 Å². The molecule has 1 aromatic heterocycles. The number of anilines is 1. The highest BCUT2D eigenvalue weighted by Gasteiger charge is 2.35. The summed E-state index contributed by atoms with van der Waals surface area (Å²) in [5.74, 6) is -1.70. The minimum absolute atomic E-state index is 0.133. The fourth-order valence-corrected chi connectivity index (χ4v) is 3.75. The van der Waals surface area contributed by atoms with Crippen LogP contribution in [0.15, 0.2) is 65.8 Å². The molecule has 1 N–H and O–H groups in total. The first kappa shape index (κ1) is 25.9. The van der Waals surface area contributed by atoms with Gasteiger partial charge < -0.3 is 14.2 Å². The number of alkyl halides is 6. The lowest BCUT2D eigenvalue weighted by Gasteiger charge is -2.17. The molecule has 3 aromatic rings. The number of nitrogens with zero attached hydrogens (tertiary/aromatic N) is 2. The van der Waals surface area contributed by atoms with Crippen LogP contribution < -0.4 is 18.9 Å². The van der Waals surface area contributed by atoms with Crippen molar-refractivity contribution in [2.75, 3.05) is 17.9 Å². The summed E-state index contributed by atoms with van der Waals surface area (Å²) < 4.78 is 118. The first-order chi connectivity index (χ1) is 16.3. The third kappa shape index (κ3) is 7.91. The summed E-state index contributed by atoms with van der Waals surface area (Å²) in [5.41, 5.74) is -0.133. The van der Waals surface area contributed by atoms with Crippen LogP contribution in [0.25, 0.3) is 0 Å². The summed E-state index contributed by atoms with van der Waals surface area (Å²) >= 11 is 0. The molecule has 0 aliphatic heterocycles. The number of hydrogen-bond donors (Lipinski definition) is 1. The molecule has 3 rings (SSSR count). The van der Waals surface area contributed by atoms with Crippen molar-refractivity contribution < 1.29 is 49.0 Å². The van der Waals surface area contributed by atoms with Gasteiger partial charge in [0.05, 0.1) is 5.69 Å². The Balaban J connectivity index is 1.94. The molecule has 0 saturated heterocycles. The summed E-state index contributed by atoms with van der Waals surface area (Å²) in [6, 6.07) is 13.8. The number of benzene rings is 2. The van der Waals surface area contributed by atoms with Gasteiger partial charge in [-0.1, -0.05) is 24.3 Å². The molecule has 0 atom stereocenters. The molecule has 0 unspecified atom stereocenters. The molecular formula is C20H15F6N3O5S. The van der Waals surface area contributed by atoms with Crippen LogP contribution in [0.2, 0.25) is 0 Å². The topological polar surface area (TPSA) is 99.6 Å². The van der Waals surface area contributed by atoms with Crippen LogP contribution in [0.1, 0.15) is 0 Å². The predicted molar refractivity (Wildman–Crippen MR) is 109 cm³/mol. The van der Waals surface area contributed by atoms with Gasteiger partial charge in [-0.2, -0.15) is 26.3 Å². The van der Waals surface area contributed by atoms with E-state index >= 15 is 0 Å². The molecule has 1 heterocycles. The molecule has 2 aromatic carbocycles. The zero-order valence-electron chi connectivity index (χ0n) is 17.3. The maximum Gasteiger partial charge on any atom is 0.422 e. The third-order valence-electron chi connectivity index (χ3n) is 3.82.